The fourth-order valence-corrected chi connectivity index (χ4v) is 4.22. The molecule has 0 heterocycles. The number of methoxy groups -OCH3 is 1. The number of hydrogen-bond donors (Lipinski definition) is 2. The Morgan fingerprint density at radius 1 is 1.15 bits per heavy atom. The van der Waals surface area contributed by atoms with Crippen LogP contribution in [0.5, 0.6) is 0 Å². The van der Waals surface area contributed by atoms with Crippen molar-refractivity contribution in [1.82, 2.24) is 5.32 Å². The van der Waals surface area contributed by atoms with Gasteiger partial charge in [-0.3, -0.25) is 9.52 Å². The van der Waals surface area contributed by atoms with Gasteiger partial charge in [-0.15, -0.1) is 0 Å². The van der Waals surface area contributed by atoms with Crippen LogP contribution in [0.2, 0.25) is 0 Å². The van der Waals surface area contributed by atoms with Gasteiger partial charge in [-0.2, -0.15) is 0 Å². The molecule has 0 aliphatic heterocycles. The SMILES string of the molecule is COCCNC(=O)C1(c2ccc(NS(=O)(=O)c3cccc(C)c3)cc2)CC1. The molecule has 1 amide bonds. The normalized spacial score (nSPS) is 15.2. The van der Waals surface area contributed by atoms with E-state index >= 15 is 0 Å². The number of aryl methyl sites for hydroxylation is 1. The molecule has 1 saturated carbocycles. The Morgan fingerprint density at radius 2 is 1.85 bits per heavy atom. The summed E-state index contributed by atoms with van der Waals surface area (Å²) in [6, 6.07) is 13.8. The van der Waals surface area contributed by atoms with Crippen LogP contribution < -0.4 is 10.0 Å². The first-order chi connectivity index (χ1) is 12.9. The molecule has 7 heteroatoms. The van der Waals surface area contributed by atoms with Crippen LogP contribution in [0.25, 0.3) is 0 Å². The van der Waals surface area contributed by atoms with Gasteiger partial charge in [0.05, 0.1) is 16.9 Å². The highest BCUT2D eigenvalue weighted by Gasteiger charge is 2.51. The Bertz CT molecular complexity index is 919. The van der Waals surface area contributed by atoms with E-state index < -0.39 is 15.4 Å². The summed E-state index contributed by atoms with van der Waals surface area (Å²) in [7, 11) is -2.05. The lowest BCUT2D eigenvalue weighted by atomic mass is 9.95. The Morgan fingerprint density at radius 3 is 2.44 bits per heavy atom. The maximum Gasteiger partial charge on any atom is 0.261 e. The number of anilines is 1. The van der Waals surface area contributed by atoms with Crippen molar-refractivity contribution in [2.75, 3.05) is 25.0 Å². The van der Waals surface area contributed by atoms with Crippen molar-refractivity contribution in [1.29, 1.82) is 0 Å². The zero-order chi connectivity index (χ0) is 19.5. The van der Waals surface area contributed by atoms with Gasteiger partial charge in [0.15, 0.2) is 0 Å². The van der Waals surface area contributed by atoms with E-state index in [1.807, 2.05) is 25.1 Å². The average Bonchev–Trinajstić information content (AvgIpc) is 3.44. The van der Waals surface area contributed by atoms with Crippen LogP contribution in [0.4, 0.5) is 5.69 Å². The minimum absolute atomic E-state index is 0.00681. The smallest absolute Gasteiger partial charge is 0.261 e. The van der Waals surface area contributed by atoms with Gasteiger partial charge in [0.2, 0.25) is 5.91 Å². The molecule has 0 aromatic heterocycles. The minimum Gasteiger partial charge on any atom is -0.383 e. The first-order valence-corrected chi connectivity index (χ1v) is 10.3. The van der Waals surface area contributed by atoms with Crippen LogP contribution in [-0.2, 0) is 25.0 Å². The van der Waals surface area contributed by atoms with Gasteiger partial charge < -0.3 is 10.1 Å². The van der Waals surface area contributed by atoms with Crippen LogP contribution in [-0.4, -0.2) is 34.6 Å². The molecule has 144 valence electrons. The molecule has 0 spiro atoms. The number of rotatable bonds is 8. The molecule has 2 aromatic carbocycles. The third-order valence-corrected chi connectivity index (χ3v) is 6.14. The summed E-state index contributed by atoms with van der Waals surface area (Å²) < 4.78 is 32.6. The van der Waals surface area contributed by atoms with E-state index in [2.05, 4.69) is 10.0 Å². The maximum atomic E-state index is 12.5. The maximum absolute atomic E-state index is 12.5. The molecule has 0 radical (unpaired) electrons. The zero-order valence-electron chi connectivity index (χ0n) is 15.5. The van der Waals surface area contributed by atoms with E-state index in [-0.39, 0.29) is 10.8 Å². The summed E-state index contributed by atoms with van der Waals surface area (Å²) in [5.41, 5.74) is 1.75. The fourth-order valence-electron chi connectivity index (χ4n) is 3.06. The van der Waals surface area contributed by atoms with Crippen LogP contribution in [0.1, 0.15) is 24.0 Å². The lowest BCUT2D eigenvalue weighted by Crippen LogP contribution is -2.36. The van der Waals surface area contributed by atoms with Crippen molar-refractivity contribution in [2.45, 2.75) is 30.1 Å². The van der Waals surface area contributed by atoms with Crippen LogP contribution in [0, 0.1) is 6.92 Å². The van der Waals surface area contributed by atoms with Gasteiger partial charge in [0, 0.05) is 19.3 Å². The van der Waals surface area contributed by atoms with E-state index in [1.54, 1.807) is 37.4 Å². The zero-order valence-corrected chi connectivity index (χ0v) is 16.3. The van der Waals surface area contributed by atoms with E-state index in [1.165, 1.54) is 0 Å². The standard InChI is InChI=1S/C20H24N2O4S/c1-15-4-3-5-18(14-15)27(24,25)22-17-8-6-16(7-9-17)20(10-11-20)19(23)21-12-13-26-2/h3-9,14,22H,10-13H2,1-2H3,(H,21,23). The van der Waals surface area contributed by atoms with Gasteiger partial charge in [-0.1, -0.05) is 24.3 Å². The number of amides is 1. The molecule has 0 bridgehead atoms. The Hall–Kier alpha value is -2.38. The highest BCUT2D eigenvalue weighted by molar-refractivity contribution is 7.92. The molecule has 1 aliphatic carbocycles. The van der Waals surface area contributed by atoms with E-state index in [4.69, 9.17) is 4.74 Å². The third-order valence-electron chi connectivity index (χ3n) is 4.77. The Balaban J connectivity index is 1.71. The molecular weight excluding hydrogens is 364 g/mol. The molecule has 0 atom stereocenters. The number of hydrogen-bond acceptors (Lipinski definition) is 4. The molecule has 0 unspecified atom stereocenters. The monoisotopic (exact) mass is 388 g/mol. The number of carbonyl (C=O) groups is 1. The Kier molecular flexibility index (Phi) is 5.53. The van der Waals surface area contributed by atoms with Crippen molar-refractivity contribution in [3.05, 3.63) is 59.7 Å². The fraction of sp³-hybridized carbons (Fsp3) is 0.350. The summed E-state index contributed by atoms with van der Waals surface area (Å²) >= 11 is 0. The van der Waals surface area contributed by atoms with Gasteiger partial charge in [-0.25, -0.2) is 8.42 Å². The van der Waals surface area contributed by atoms with Crippen LogP contribution in [0.3, 0.4) is 0 Å². The van der Waals surface area contributed by atoms with Gasteiger partial charge in [0.1, 0.15) is 0 Å². The molecule has 3 rings (SSSR count). The predicted molar refractivity (Wildman–Crippen MR) is 104 cm³/mol. The predicted octanol–water partition coefficient (Wildman–Crippen LogP) is 2.59. The van der Waals surface area contributed by atoms with Crippen molar-refractivity contribution in [3.63, 3.8) is 0 Å². The summed E-state index contributed by atoms with van der Waals surface area (Å²) in [5, 5.41) is 2.89. The number of nitrogens with one attached hydrogen (secondary N) is 2. The molecule has 2 N–H and O–H groups in total. The van der Waals surface area contributed by atoms with Gasteiger partial charge >= 0.3 is 0 Å². The second kappa shape index (κ2) is 7.70. The first kappa shape index (κ1) is 19.4. The highest BCUT2D eigenvalue weighted by Crippen LogP contribution is 2.48. The van der Waals surface area contributed by atoms with Crippen molar-refractivity contribution in [3.8, 4) is 0 Å². The lowest BCUT2D eigenvalue weighted by molar-refractivity contribution is -0.123. The minimum atomic E-state index is -3.64. The van der Waals surface area contributed by atoms with Crippen molar-refractivity contribution in [2.24, 2.45) is 0 Å². The third kappa shape index (κ3) is 4.31. The molecule has 27 heavy (non-hydrogen) atoms. The number of sulfonamides is 1. The van der Waals surface area contributed by atoms with E-state index in [9.17, 15) is 13.2 Å². The molecule has 6 nitrogen and oxygen atoms in total. The average molecular weight is 388 g/mol. The molecule has 1 fully saturated rings. The molecule has 2 aromatic rings. The molecule has 1 aliphatic rings. The summed E-state index contributed by atoms with van der Waals surface area (Å²) in [4.78, 5) is 12.7. The summed E-state index contributed by atoms with van der Waals surface area (Å²) in [5.74, 6) is -0.00681. The van der Waals surface area contributed by atoms with E-state index in [0.717, 1.165) is 24.0 Å². The molecule has 0 saturated heterocycles. The van der Waals surface area contributed by atoms with Crippen LogP contribution in [0.15, 0.2) is 53.4 Å². The highest BCUT2D eigenvalue weighted by atomic mass is 32.2. The Labute approximate surface area is 160 Å². The van der Waals surface area contributed by atoms with Gasteiger partial charge in [0.25, 0.3) is 10.0 Å². The van der Waals surface area contributed by atoms with Crippen molar-refractivity contribution >= 4 is 21.6 Å². The first-order valence-electron chi connectivity index (χ1n) is 8.85. The quantitative estimate of drug-likeness (QED) is 0.681. The van der Waals surface area contributed by atoms with Crippen molar-refractivity contribution < 1.29 is 17.9 Å². The summed E-state index contributed by atoms with van der Waals surface area (Å²) in [6.07, 6.45) is 1.58. The number of carbonyl (C=O) groups excluding carboxylic acids is 1. The number of benzene rings is 2. The topological polar surface area (TPSA) is 84.5 Å². The largest absolute Gasteiger partial charge is 0.383 e. The van der Waals surface area contributed by atoms with E-state index in [0.29, 0.717) is 18.8 Å². The number of ether oxygens (including phenoxy) is 1. The lowest BCUT2D eigenvalue weighted by Gasteiger charge is -2.16. The van der Waals surface area contributed by atoms with Gasteiger partial charge in [-0.05, 0) is 55.2 Å². The summed E-state index contributed by atoms with van der Waals surface area (Å²) in [6.45, 7) is 2.80. The van der Waals surface area contributed by atoms with Crippen LogP contribution >= 0.6 is 0 Å². The second-order valence-electron chi connectivity index (χ2n) is 6.83. The second-order valence-corrected chi connectivity index (χ2v) is 8.51. The molecular formula is C20H24N2O4S.